The summed E-state index contributed by atoms with van der Waals surface area (Å²) < 4.78 is 1.24. The average Bonchev–Trinajstić information content (AvgIpc) is 3.30. The van der Waals surface area contributed by atoms with Crippen LogP contribution in [0.2, 0.25) is 0 Å². The molecule has 1 fully saturated rings. The molecule has 1 atom stereocenters. The van der Waals surface area contributed by atoms with E-state index in [2.05, 4.69) is 66.9 Å². The summed E-state index contributed by atoms with van der Waals surface area (Å²) in [7, 11) is 0. The predicted octanol–water partition coefficient (Wildman–Crippen LogP) is 5.36. The van der Waals surface area contributed by atoms with E-state index >= 15 is 0 Å². The van der Waals surface area contributed by atoms with Crippen molar-refractivity contribution >= 4 is 49.3 Å². The van der Waals surface area contributed by atoms with Gasteiger partial charge in [0.25, 0.3) is 0 Å². The Kier molecular flexibility index (Phi) is 5.64. The van der Waals surface area contributed by atoms with Gasteiger partial charge in [-0.25, -0.2) is 9.98 Å². The van der Waals surface area contributed by atoms with Crippen molar-refractivity contribution in [1.82, 2.24) is 10.3 Å². The van der Waals surface area contributed by atoms with Crippen LogP contribution in [-0.4, -0.2) is 28.5 Å². The number of hydrogen-bond acceptors (Lipinski definition) is 5. The van der Waals surface area contributed by atoms with Gasteiger partial charge in [-0.1, -0.05) is 54.3 Å². The molecule has 1 saturated heterocycles. The number of thioether (sulfide) groups is 1. The van der Waals surface area contributed by atoms with Gasteiger partial charge in [0, 0.05) is 18.3 Å². The second-order valence-corrected chi connectivity index (χ2v) is 8.80. The third kappa shape index (κ3) is 4.45. The van der Waals surface area contributed by atoms with Gasteiger partial charge in [0.2, 0.25) is 0 Å². The molecule has 1 aliphatic rings. The predicted molar refractivity (Wildman–Crippen MR) is 120 cm³/mol. The number of hydrogen-bond donors (Lipinski definition) is 2. The second kappa shape index (κ2) is 8.31. The Labute approximate surface area is 168 Å². The first kappa shape index (κ1) is 18.3. The molecule has 0 saturated carbocycles. The van der Waals surface area contributed by atoms with Crippen molar-refractivity contribution in [2.75, 3.05) is 17.6 Å². The number of nitrogens with zero attached hydrogens (tertiary/aromatic N) is 2. The number of benzene rings is 2. The maximum Gasteiger partial charge on any atom is 0.183 e. The summed E-state index contributed by atoms with van der Waals surface area (Å²) in [6, 6.07) is 15.4. The SMILES string of the molecule is CCC1CS/C(=N\c2ccc(CCNc3nc4c(C)cccc4s3)cc2)N1. The molecule has 2 N–H and O–H groups in total. The fourth-order valence-corrected chi connectivity index (χ4v) is 5.12. The summed E-state index contributed by atoms with van der Waals surface area (Å²) in [5.41, 5.74) is 4.66. The Balaban J connectivity index is 1.32. The zero-order valence-electron chi connectivity index (χ0n) is 15.7. The lowest BCUT2D eigenvalue weighted by Gasteiger charge is -2.05. The highest BCUT2D eigenvalue weighted by Gasteiger charge is 2.17. The van der Waals surface area contributed by atoms with Gasteiger partial charge in [0.15, 0.2) is 10.3 Å². The number of aromatic nitrogens is 1. The largest absolute Gasteiger partial charge is 0.361 e. The Morgan fingerprint density at radius 3 is 2.81 bits per heavy atom. The lowest BCUT2D eigenvalue weighted by Crippen LogP contribution is -2.25. The minimum absolute atomic E-state index is 0.561. The molecule has 6 heteroatoms. The summed E-state index contributed by atoms with van der Waals surface area (Å²) in [6.07, 6.45) is 2.11. The minimum Gasteiger partial charge on any atom is -0.361 e. The van der Waals surface area contributed by atoms with Crippen molar-refractivity contribution in [1.29, 1.82) is 0 Å². The van der Waals surface area contributed by atoms with Crippen LogP contribution in [0.1, 0.15) is 24.5 Å². The van der Waals surface area contributed by atoms with Crippen molar-refractivity contribution in [2.45, 2.75) is 32.7 Å². The van der Waals surface area contributed by atoms with Gasteiger partial charge in [0.05, 0.1) is 15.9 Å². The maximum absolute atomic E-state index is 4.71. The van der Waals surface area contributed by atoms with Crippen LogP contribution >= 0.6 is 23.1 Å². The number of nitrogens with one attached hydrogen (secondary N) is 2. The van der Waals surface area contributed by atoms with Gasteiger partial charge in [-0.15, -0.1) is 0 Å². The van der Waals surface area contributed by atoms with Crippen molar-refractivity contribution in [2.24, 2.45) is 4.99 Å². The normalized spacial score (nSPS) is 18.1. The molecule has 27 heavy (non-hydrogen) atoms. The van der Waals surface area contributed by atoms with Gasteiger partial charge in [-0.2, -0.15) is 0 Å². The number of para-hydroxylation sites is 1. The van der Waals surface area contributed by atoms with E-state index in [1.54, 1.807) is 11.3 Å². The number of aliphatic imine (C=N–C) groups is 1. The van der Waals surface area contributed by atoms with Crippen LogP contribution in [0.15, 0.2) is 47.5 Å². The van der Waals surface area contributed by atoms with Crippen LogP contribution in [-0.2, 0) is 6.42 Å². The number of rotatable bonds is 6. The van der Waals surface area contributed by atoms with E-state index in [0.717, 1.165) is 46.6 Å². The van der Waals surface area contributed by atoms with Gasteiger partial charge in [-0.05, 0) is 49.1 Å². The van der Waals surface area contributed by atoms with E-state index in [1.807, 2.05) is 11.8 Å². The number of aryl methyl sites for hydroxylation is 1. The lowest BCUT2D eigenvalue weighted by molar-refractivity contribution is 0.668. The first-order valence-electron chi connectivity index (χ1n) is 9.38. The van der Waals surface area contributed by atoms with Crippen LogP contribution in [0.3, 0.4) is 0 Å². The maximum atomic E-state index is 4.71. The smallest absolute Gasteiger partial charge is 0.183 e. The quantitative estimate of drug-likeness (QED) is 0.589. The Bertz CT molecular complexity index is 946. The molecule has 3 aromatic rings. The Hall–Kier alpha value is -2.05. The molecule has 4 nitrogen and oxygen atoms in total. The summed E-state index contributed by atoms with van der Waals surface area (Å²) in [6.45, 7) is 5.19. The molecular weight excluding hydrogens is 372 g/mol. The van der Waals surface area contributed by atoms with Crippen molar-refractivity contribution in [3.63, 3.8) is 0 Å². The van der Waals surface area contributed by atoms with E-state index < -0.39 is 0 Å². The standard InChI is InChI=1S/C21H24N4S2/c1-3-16-13-26-21(23-16)24-17-9-7-15(8-10-17)11-12-22-20-25-19-14(2)5-4-6-18(19)27-20/h4-10,16H,3,11-13H2,1-2H3,(H,22,25)(H,23,24). The second-order valence-electron chi connectivity index (χ2n) is 6.76. The lowest BCUT2D eigenvalue weighted by atomic mass is 10.1. The van der Waals surface area contributed by atoms with Crippen LogP contribution in [0.5, 0.6) is 0 Å². The molecule has 1 aromatic heterocycles. The van der Waals surface area contributed by atoms with Crippen LogP contribution in [0.4, 0.5) is 10.8 Å². The average molecular weight is 397 g/mol. The molecule has 0 amide bonds. The Morgan fingerprint density at radius 1 is 1.22 bits per heavy atom. The molecule has 0 spiro atoms. The highest BCUT2D eigenvalue weighted by molar-refractivity contribution is 8.14. The summed E-state index contributed by atoms with van der Waals surface area (Å²) in [5.74, 6) is 1.12. The first-order chi connectivity index (χ1) is 13.2. The van der Waals surface area contributed by atoms with Crippen LogP contribution in [0, 0.1) is 6.92 Å². The van der Waals surface area contributed by atoms with Gasteiger partial charge < -0.3 is 10.6 Å². The summed E-state index contributed by atoms with van der Waals surface area (Å²) >= 11 is 3.53. The zero-order chi connectivity index (χ0) is 18.6. The third-order valence-electron chi connectivity index (χ3n) is 4.72. The molecular formula is C21H24N4S2. The summed E-state index contributed by atoms with van der Waals surface area (Å²) in [5, 5.41) is 8.97. The number of thiazole rings is 1. The highest BCUT2D eigenvalue weighted by Crippen LogP contribution is 2.28. The zero-order valence-corrected chi connectivity index (χ0v) is 17.3. The molecule has 1 aliphatic heterocycles. The number of fused-ring (bicyclic) bond motifs is 1. The monoisotopic (exact) mass is 396 g/mol. The molecule has 2 aromatic carbocycles. The van der Waals surface area contributed by atoms with Crippen molar-refractivity contribution in [3.05, 3.63) is 53.6 Å². The topological polar surface area (TPSA) is 49.3 Å². The Morgan fingerprint density at radius 2 is 2.07 bits per heavy atom. The van der Waals surface area contributed by atoms with E-state index in [4.69, 9.17) is 9.98 Å². The number of anilines is 1. The molecule has 2 heterocycles. The molecule has 0 aliphatic carbocycles. The minimum atomic E-state index is 0.561. The van der Waals surface area contributed by atoms with Crippen molar-refractivity contribution < 1.29 is 0 Å². The van der Waals surface area contributed by atoms with Gasteiger partial charge in [0.1, 0.15) is 0 Å². The fraction of sp³-hybridized carbons (Fsp3) is 0.333. The number of amidine groups is 1. The van der Waals surface area contributed by atoms with Gasteiger partial charge >= 0.3 is 0 Å². The van der Waals surface area contributed by atoms with Gasteiger partial charge in [-0.3, -0.25) is 0 Å². The van der Waals surface area contributed by atoms with E-state index in [9.17, 15) is 0 Å². The molecule has 0 bridgehead atoms. The summed E-state index contributed by atoms with van der Waals surface area (Å²) in [4.78, 5) is 9.41. The third-order valence-corrected chi connectivity index (χ3v) is 6.75. The van der Waals surface area contributed by atoms with E-state index in [0.29, 0.717) is 6.04 Å². The fourth-order valence-electron chi connectivity index (χ4n) is 3.05. The molecule has 4 rings (SSSR count). The van der Waals surface area contributed by atoms with E-state index in [1.165, 1.54) is 15.8 Å². The van der Waals surface area contributed by atoms with E-state index in [-0.39, 0.29) is 0 Å². The van der Waals surface area contributed by atoms with Crippen LogP contribution < -0.4 is 10.6 Å². The highest BCUT2D eigenvalue weighted by atomic mass is 32.2. The van der Waals surface area contributed by atoms with Crippen molar-refractivity contribution in [3.8, 4) is 0 Å². The van der Waals surface area contributed by atoms with Crippen LogP contribution in [0.25, 0.3) is 10.2 Å². The molecule has 1 unspecified atom stereocenters. The molecule has 140 valence electrons. The first-order valence-corrected chi connectivity index (χ1v) is 11.2. The molecule has 0 radical (unpaired) electrons.